The molecule has 0 aromatic rings. The van der Waals surface area contributed by atoms with Crippen LogP contribution in [0.3, 0.4) is 0 Å². The van der Waals surface area contributed by atoms with Gasteiger partial charge >= 0.3 is 12.0 Å². The Morgan fingerprint density at radius 3 is 2.33 bits per heavy atom. The largest absolute Gasteiger partial charge is 0.481 e. The van der Waals surface area contributed by atoms with Crippen molar-refractivity contribution in [1.29, 1.82) is 0 Å². The predicted octanol–water partition coefficient (Wildman–Crippen LogP) is 3.00. The Kier molecular flexibility index (Phi) is 7.54. The maximum Gasteiger partial charge on any atom is 0.315 e. The van der Waals surface area contributed by atoms with Crippen LogP contribution in [0.4, 0.5) is 4.79 Å². The van der Waals surface area contributed by atoms with Crippen molar-refractivity contribution in [3.63, 3.8) is 0 Å². The molecule has 1 aliphatic carbocycles. The third-order valence-electron chi connectivity index (χ3n) is 4.58. The molecule has 1 rings (SSSR count). The number of urea groups is 1. The summed E-state index contributed by atoms with van der Waals surface area (Å²) in [7, 11) is 0. The third kappa shape index (κ3) is 6.82. The summed E-state index contributed by atoms with van der Waals surface area (Å²) in [5.41, 5.74) is 0. The SMILES string of the molecule is CCC(C)CC(C)NC(=O)NCC1CCC(C(=O)O)CC1. The van der Waals surface area contributed by atoms with Crippen molar-refractivity contribution >= 4 is 12.0 Å². The van der Waals surface area contributed by atoms with E-state index in [4.69, 9.17) is 5.11 Å². The fraction of sp³-hybridized carbons (Fsp3) is 0.875. The highest BCUT2D eigenvalue weighted by atomic mass is 16.4. The molecule has 5 heteroatoms. The molecule has 1 aliphatic rings. The Labute approximate surface area is 127 Å². The molecule has 122 valence electrons. The van der Waals surface area contributed by atoms with Crippen LogP contribution in [-0.4, -0.2) is 29.7 Å². The normalized spacial score (nSPS) is 24.9. The van der Waals surface area contributed by atoms with Crippen LogP contribution in [0, 0.1) is 17.8 Å². The van der Waals surface area contributed by atoms with Gasteiger partial charge in [0.2, 0.25) is 0 Å². The van der Waals surface area contributed by atoms with Crippen LogP contribution < -0.4 is 10.6 Å². The van der Waals surface area contributed by atoms with Gasteiger partial charge in [0.05, 0.1) is 5.92 Å². The lowest BCUT2D eigenvalue weighted by molar-refractivity contribution is -0.143. The average molecular weight is 298 g/mol. The molecule has 21 heavy (non-hydrogen) atoms. The number of hydrogen-bond acceptors (Lipinski definition) is 2. The first kappa shape index (κ1) is 17.8. The Bertz CT molecular complexity index is 338. The van der Waals surface area contributed by atoms with Crippen LogP contribution in [0.15, 0.2) is 0 Å². The number of carbonyl (C=O) groups excluding carboxylic acids is 1. The second-order valence-electron chi connectivity index (χ2n) is 6.56. The van der Waals surface area contributed by atoms with E-state index in [2.05, 4.69) is 24.5 Å². The molecule has 1 fully saturated rings. The van der Waals surface area contributed by atoms with Crippen LogP contribution in [0.5, 0.6) is 0 Å². The van der Waals surface area contributed by atoms with E-state index in [0.717, 1.165) is 38.5 Å². The van der Waals surface area contributed by atoms with Gasteiger partial charge in [-0.25, -0.2) is 4.79 Å². The van der Waals surface area contributed by atoms with Gasteiger partial charge in [0.15, 0.2) is 0 Å². The van der Waals surface area contributed by atoms with Crippen molar-refractivity contribution in [2.24, 2.45) is 17.8 Å². The predicted molar refractivity (Wildman–Crippen MR) is 83.2 cm³/mol. The lowest BCUT2D eigenvalue weighted by Gasteiger charge is -2.26. The lowest BCUT2D eigenvalue weighted by Crippen LogP contribution is -2.43. The van der Waals surface area contributed by atoms with E-state index in [1.807, 2.05) is 6.92 Å². The van der Waals surface area contributed by atoms with Gasteiger partial charge in [0.25, 0.3) is 0 Å². The molecule has 0 heterocycles. The Morgan fingerprint density at radius 2 is 1.81 bits per heavy atom. The summed E-state index contributed by atoms with van der Waals surface area (Å²) in [5, 5.41) is 14.8. The van der Waals surface area contributed by atoms with Crippen LogP contribution in [0.1, 0.15) is 59.3 Å². The zero-order valence-electron chi connectivity index (χ0n) is 13.5. The molecule has 2 atom stereocenters. The van der Waals surface area contributed by atoms with Crippen molar-refractivity contribution in [3.8, 4) is 0 Å². The lowest BCUT2D eigenvalue weighted by atomic mass is 9.82. The van der Waals surface area contributed by atoms with E-state index in [1.54, 1.807) is 0 Å². The molecule has 2 unspecified atom stereocenters. The van der Waals surface area contributed by atoms with Crippen LogP contribution in [0.25, 0.3) is 0 Å². The molecule has 1 saturated carbocycles. The van der Waals surface area contributed by atoms with E-state index >= 15 is 0 Å². The summed E-state index contributed by atoms with van der Waals surface area (Å²) in [6.07, 6.45) is 5.36. The van der Waals surface area contributed by atoms with Crippen molar-refractivity contribution in [2.45, 2.75) is 65.3 Å². The van der Waals surface area contributed by atoms with E-state index in [1.165, 1.54) is 0 Å². The van der Waals surface area contributed by atoms with E-state index in [-0.39, 0.29) is 18.0 Å². The first-order valence-electron chi connectivity index (χ1n) is 8.19. The second kappa shape index (κ2) is 8.90. The van der Waals surface area contributed by atoms with Crippen molar-refractivity contribution < 1.29 is 14.7 Å². The van der Waals surface area contributed by atoms with Gasteiger partial charge in [0, 0.05) is 12.6 Å². The highest BCUT2D eigenvalue weighted by molar-refractivity contribution is 5.74. The van der Waals surface area contributed by atoms with E-state index in [0.29, 0.717) is 18.4 Å². The molecule has 0 spiro atoms. The number of aliphatic carboxylic acids is 1. The van der Waals surface area contributed by atoms with Crippen molar-refractivity contribution in [1.82, 2.24) is 10.6 Å². The maximum absolute atomic E-state index is 11.8. The second-order valence-corrected chi connectivity index (χ2v) is 6.56. The summed E-state index contributed by atoms with van der Waals surface area (Å²) >= 11 is 0. The Hall–Kier alpha value is -1.26. The first-order valence-corrected chi connectivity index (χ1v) is 8.19. The van der Waals surface area contributed by atoms with Gasteiger partial charge in [0.1, 0.15) is 0 Å². The molecule has 0 saturated heterocycles. The zero-order valence-corrected chi connectivity index (χ0v) is 13.5. The Morgan fingerprint density at radius 1 is 1.19 bits per heavy atom. The third-order valence-corrected chi connectivity index (χ3v) is 4.58. The van der Waals surface area contributed by atoms with Crippen molar-refractivity contribution in [2.75, 3.05) is 6.54 Å². The zero-order chi connectivity index (χ0) is 15.8. The first-order chi connectivity index (χ1) is 9.92. The molecule has 3 N–H and O–H groups in total. The molecule has 2 amide bonds. The fourth-order valence-electron chi connectivity index (χ4n) is 2.95. The Balaban J connectivity index is 2.17. The van der Waals surface area contributed by atoms with E-state index < -0.39 is 5.97 Å². The average Bonchev–Trinajstić information content (AvgIpc) is 2.45. The number of carboxylic acids is 1. The van der Waals surface area contributed by atoms with Gasteiger partial charge in [-0.1, -0.05) is 20.3 Å². The fourth-order valence-corrected chi connectivity index (χ4v) is 2.95. The van der Waals surface area contributed by atoms with Crippen LogP contribution in [-0.2, 0) is 4.79 Å². The summed E-state index contributed by atoms with van der Waals surface area (Å²) in [4.78, 5) is 22.7. The summed E-state index contributed by atoms with van der Waals surface area (Å²) < 4.78 is 0. The molecular formula is C16H30N2O3. The van der Waals surface area contributed by atoms with Crippen LogP contribution in [0.2, 0.25) is 0 Å². The van der Waals surface area contributed by atoms with Gasteiger partial charge in [-0.3, -0.25) is 4.79 Å². The maximum atomic E-state index is 11.8. The highest BCUT2D eigenvalue weighted by Gasteiger charge is 2.26. The van der Waals surface area contributed by atoms with Crippen LogP contribution >= 0.6 is 0 Å². The molecular weight excluding hydrogens is 268 g/mol. The molecule has 0 aromatic heterocycles. The van der Waals surface area contributed by atoms with Gasteiger partial charge < -0.3 is 15.7 Å². The molecule has 0 aliphatic heterocycles. The van der Waals surface area contributed by atoms with E-state index in [9.17, 15) is 9.59 Å². The number of nitrogens with one attached hydrogen (secondary N) is 2. The van der Waals surface area contributed by atoms with Crippen molar-refractivity contribution in [3.05, 3.63) is 0 Å². The quantitative estimate of drug-likeness (QED) is 0.676. The minimum absolute atomic E-state index is 0.105. The van der Waals surface area contributed by atoms with Gasteiger partial charge in [-0.15, -0.1) is 0 Å². The molecule has 5 nitrogen and oxygen atoms in total. The summed E-state index contributed by atoms with van der Waals surface area (Å²) in [6, 6.07) is 0.0776. The van der Waals surface area contributed by atoms with Gasteiger partial charge in [-0.05, 0) is 50.9 Å². The summed E-state index contributed by atoms with van der Waals surface area (Å²) in [6.45, 7) is 7.03. The number of carboxylic acid groups (broad SMARTS) is 1. The minimum atomic E-state index is -0.682. The topological polar surface area (TPSA) is 78.4 Å². The molecule has 0 bridgehead atoms. The number of carbonyl (C=O) groups is 2. The highest BCUT2D eigenvalue weighted by Crippen LogP contribution is 2.28. The number of hydrogen-bond donors (Lipinski definition) is 3. The molecule has 0 radical (unpaired) electrons. The number of rotatable bonds is 7. The standard InChI is InChI=1S/C16H30N2O3/c1-4-11(2)9-12(3)18-16(21)17-10-13-5-7-14(8-6-13)15(19)20/h11-14H,4-10H2,1-3H3,(H,19,20)(H2,17,18,21). The van der Waals surface area contributed by atoms with Gasteiger partial charge in [-0.2, -0.15) is 0 Å². The smallest absolute Gasteiger partial charge is 0.315 e. The molecule has 0 aromatic carbocycles. The monoisotopic (exact) mass is 298 g/mol. The minimum Gasteiger partial charge on any atom is -0.481 e. The number of amides is 2. The summed E-state index contributed by atoms with van der Waals surface area (Å²) in [5.74, 6) is 0.159.